The molecule has 0 bridgehead atoms. The number of carbonyl (C=O) groups excluding carboxylic acids is 1. The van der Waals surface area contributed by atoms with Crippen LogP contribution >= 0.6 is 0 Å². The van der Waals surface area contributed by atoms with Gasteiger partial charge in [-0.1, -0.05) is 0 Å². The Kier molecular flexibility index (Phi) is 14.4. The van der Waals surface area contributed by atoms with Gasteiger partial charge in [-0.05, 0) is 45.1 Å². The van der Waals surface area contributed by atoms with Crippen LogP contribution in [0.25, 0.3) is 0 Å². The van der Waals surface area contributed by atoms with Crippen molar-refractivity contribution in [3.63, 3.8) is 0 Å². The molecule has 114 valence electrons. The van der Waals surface area contributed by atoms with Gasteiger partial charge >= 0.3 is 68.9 Å². The van der Waals surface area contributed by atoms with E-state index in [1.54, 1.807) is 0 Å². The van der Waals surface area contributed by atoms with E-state index in [0.29, 0.717) is 5.69 Å². The topological polar surface area (TPSA) is 70.4 Å². The van der Waals surface area contributed by atoms with Gasteiger partial charge in [-0.2, -0.15) is 0 Å². The van der Waals surface area contributed by atoms with Crippen LogP contribution in [0.4, 0.5) is 17.1 Å². The number of hydrogen-bond donors (Lipinski definition) is 3. The molecule has 21 heavy (non-hydrogen) atoms. The number of carbonyl (C=O) groups is 1. The first-order chi connectivity index (χ1) is 9.08. The molecule has 1 aromatic carbocycles. The van der Waals surface area contributed by atoms with Gasteiger partial charge in [0, 0.05) is 25.7 Å². The van der Waals surface area contributed by atoms with Crippen molar-refractivity contribution in [2.75, 3.05) is 43.1 Å². The van der Waals surface area contributed by atoms with E-state index in [1.165, 1.54) is 19.8 Å². The van der Waals surface area contributed by atoms with Gasteiger partial charge in [0.25, 0.3) is 0 Å². The quantitative estimate of drug-likeness (QED) is 0.436. The van der Waals surface area contributed by atoms with Gasteiger partial charge in [0.2, 0.25) is 5.91 Å². The van der Waals surface area contributed by atoms with Crippen LogP contribution in [0.2, 0.25) is 0 Å². The molecule has 1 fully saturated rings. The minimum atomic E-state index is -0.0638. The fraction of sp³-hybridized carbons (Fsp3) is 0.467. The van der Waals surface area contributed by atoms with E-state index < -0.39 is 0 Å². The van der Waals surface area contributed by atoms with Crippen LogP contribution in [-0.2, 0) is 4.79 Å². The van der Waals surface area contributed by atoms with Crippen molar-refractivity contribution >= 4 is 23.0 Å². The summed E-state index contributed by atoms with van der Waals surface area (Å²) in [6, 6.07) is 5.67. The minimum absolute atomic E-state index is 0. The average Bonchev–Trinajstić information content (AvgIpc) is 2.82. The van der Waals surface area contributed by atoms with E-state index in [4.69, 9.17) is 5.73 Å². The summed E-state index contributed by atoms with van der Waals surface area (Å²) in [4.78, 5) is 13.4. The van der Waals surface area contributed by atoms with Crippen LogP contribution in [0.1, 0.15) is 19.8 Å². The van der Waals surface area contributed by atoms with Crippen LogP contribution in [-0.4, -0.2) is 33.1 Å². The molecule has 1 aliphatic rings. The summed E-state index contributed by atoms with van der Waals surface area (Å²) in [5.41, 5.74) is 8.29. The molecule has 0 unspecified atom stereocenters. The van der Waals surface area contributed by atoms with E-state index in [2.05, 4.69) is 15.5 Å². The third-order valence-electron chi connectivity index (χ3n) is 2.78. The van der Waals surface area contributed by atoms with Crippen molar-refractivity contribution in [1.82, 2.24) is 5.32 Å². The second-order valence-corrected chi connectivity index (χ2v) is 4.65. The minimum Gasteiger partial charge on any atom is -0.399 e. The second kappa shape index (κ2) is 12.8. The first-order valence-electron chi connectivity index (χ1n) is 6.59. The second-order valence-electron chi connectivity index (χ2n) is 4.65. The Labute approximate surface area is 187 Å². The van der Waals surface area contributed by atoms with Crippen LogP contribution in [0.5, 0.6) is 0 Å². The first-order valence-corrected chi connectivity index (χ1v) is 6.59. The molecule has 0 atom stereocenters. The Morgan fingerprint density at radius 2 is 1.76 bits per heavy atom. The summed E-state index contributed by atoms with van der Waals surface area (Å²) < 4.78 is 0. The molecule has 2 rings (SSSR count). The van der Waals surface area contributed by atoms with Crippen LogP contribution < -0.4 is 90.2 Å². The SMILES string of the molecule is CC(=O)Nc1cc(N)ccc1N1CCCC1.CNC.[CH3-].[Cs+]. The molecule has 1 amide bonds. The van der Waals surface area contributed by atoms with Gasteiger partial charge in [-0.3, -0.25) is 4.79 Å². The predicted molar refractivity (Wildman–Crippen MR) is 88.0 cm³/mol. The third-order valence-corrected chi connectivity index (χ3v) is 2.78. The fourth-order valence-corrected chi connectivity index (χ4v) is 2.08. The number of amides is 1. The number of nitrogens with two attached hydrogens (primary N) is 1. The number of rotatable bonds is 2. The molecular formula is C15H27CsN4O. The molecule has 0 saturated carbocycles. The molecule has 5 nitrogen and oxygen atoms in total. The molecule has 4 N–H and O–H groups in total. The number of anilines is 3. The zero-order valence-electron chi connectivity index (χ0n) is 14.0. The molecule has 1 aromatic rings. The molecule has 0 aliphatic carbocycles. The van der Waals surface area contributed by atoms with Crippen molar-refractivity contribution in [2.45, 2.75) is 19.8 Å². The summed E-state index contributed by atoms with van der Waals surface area (Å²) in [7, 11) is 3.75. The summed E-state index contributed by atoms with van der Waals surface area (Å²) >= 11 is 0. The number of nitrogen functional groups attached to an aromatic ring is 1. The van der Waals surface area contributed by atoms with E-state index in [-0.39, 0.29) is 82.2 Å². The Bertz CT molecular complexity index is 420. The number of hydrogen-bond acceptors (Lipinski definition) is 4. The monoisotopic (exact) mass is 412 g/mol. The molecule has 1 aliphatic heterocycles. The van der Waals surface area contributed by atoms with Gasteiger partial charge < -0.3 is 28.7 Å². The Morgan fingerprint density at radius 1 is 1.24 bits per heavy atom. The Balaban J connectivity index is 0. The van der Waals surface area contributed by atoms with Gasteiger partial charge in [0.05, 0.1) is 11.4 Å². The normalized spacial score (nSPS) is 12.4. The maximum atomic E-state index is 11.1. The van der Waals surface area contributed by atoms with E-state index >= 15 is 0 Å². The van der Waals surface area contributed by atoms with Gasteiger partial charge in [0.15, 0.2) is 0 Å². The van der Waals surface area contributed by atoms with Crippen LogP contribution in [0.15, 0.2) is 18.2 Å². The van der Waals surface area contributed by atoms with Crippen LogP contribution in [0.3, 0.4) is 0 Å². The fourth-order valence-electron chi connectivity index (χ4n) is 2.08. The number of benzene rings is 1. The maximum absolute atomic E-state index is 11.1. The summed E-state index contributed by atoms with van der Waals surface area (Å²) in [5.74, 6) is -0.0638. The molecular weight excluding hydrogens is 385 g/mol. The van der Waals surface area contributed by atoms with Gasteiger partial charge in [-0.25, -0.2) is 0 Å². The summed E-state index contributed by atoms with van der Waals surface area (Å²) in [6.45, 7) is 3.62. The number of nitrogens with one attached hydrogen (secondary N) is 2. The first kappa shape index (κ1) is 23.6. The maximum Gasteiger partial charge on any atom is 1.00 e. The van der Waals surface area contributed by atoms with E-state index in [9.17, 15) is 4.79 Å². The zero-order chi connectivity index (χ0) is 14.3. The smallest absolute Gasteiger partial charge is 0.399 e. The molecule has 6 heteroatoms. The van der Waals surface area contributed by atoms with Crippen molar-refractivity contribution in [3.8, 4) is 0 Å². The molecule has 1 heterocycles. The van der Waals surface area contributed by atoms with Crippen molar-refractivity contribution in [1.29, 1.82) is 0 Å². The van der Waals surface area contributed by atoms with Crippen molar-refractivity contribution in [2.24, 2.45) is 0 Å². The van der Waals surface area contributed by atoms with Crippen molar-refractivity contribution < 1.29 is 73.7 Å². The van der Waals surface area contributed by atoms with Crippen molar-refractivity contribution in [3.05, 3.63) is 25.6 Å². The van der Waals surface area contributed by atoms with E-state index in [1.807, 2.05) is 32.3 Å². The number of nitrogens with zero attached hydrogens (tertiary/aromatic N) is 1. The summed E-state index contributed by atoms with van der Waals surface area (Å²) in [5, 5.41) is 5.58. The molecule has 0 spiro atoms. The molecule has 0 radical (unpaired) electrons. The third kappa shape index (κ3) is 8.49. The largest absolute Gasteiger partial charge is 1.00 e. The van der Waals surface area contributed by atoms with Crippen LogP contribution in [0, 0.1) is 7.43 Å². The standard InChI is InChI=1S/C12H17N3O.C2H7N.CH3.Cs/c1-9(16)14-11-8-10(13)4-5-12(11)15-6-2-3-7-15;1-3-2;;/h4-5,8H,2-3,6-7,13H2,1H3,(H,14,16);3H,1-2H3;1H3;/q;;-1;+1. The zero-order valence-corrected chi connectivity index (χ0v) is 20.3. The molecule has 1 saturated heterocycles. The average molecular weight is 412 g/mol. The Morgan fingerprint density at radius 3 is 2.24 bits per heavy atom. The molecule has 0 aromatic heterocycles. The van der Waals surface area contributed by atoms with Gasteiger partial charge in [-0.15, -0.1) is 0 Å². The van der Waals surface area contributed by atoms with Gasteiger partial charge in [0.1, 0.15) is 0 Å². The van der Waals surface area contributed by atoms with E-state index in [0.717, 1.165) is 24.5 Å². The predicted octanol–water partition coefficient (Wildman–Crippen LogP) is -0.883. The Hall–Kier alpha value is 0.302. The summed E-state index contributed by atoms with van der Waals surface area (Å²) in [6.07, 6.45) is 2.42.